The number of Topliss-reactive ketones (excluding diaryl/α,β-unsaturated/α-hetero) is 1. The van der Waals surface area contributed by atoms with E-state index in [9.17, 15) is 18.0 Å². The van der Waals surface area contributed by atoms with Crippen LogP contribution in [-0.2, 0) is 14.8 Å². The summed E-state index contributed by atoms with van der Waals surface area (Å²) in [6, 6.07) is 15.8. The van der Waals surface area contributed by atoms with E-state index in [1.807, 2.05) is 17.0 Å². The average molecular weight is 495 g/mol. The molecule has 0 spiro atoms. The van der Waals surface area contributed by atoms with E-state index in [2.05, 4.69) is 11.0 Å². The number of sulfonamides is 1. The molecule has 35 heavy (non-hydrogen) atoms. The van der Waals surface area contributed by atoms with Crippen molar-refractivity contribution in [3.63, 3.8) is 0 Å². The second-order valence-electron chi connectivity index (χ2n) is 9.09. The second kappa shape index (κ2) is 10.6. The Morgan fingerprint density at radius 1 is 0.943 bits per heavy atom. The number of nitrogens with zero attached hydrogens (tertiary/aromatic N) is 4. The van der Waals surface area contributed by atoms with Gasteiger partial charge in [-0.2, -0.15) is 9.57 Å². The Morgan fingerprint density at radius 3 is 2.31 bits per heavy atom. The molecule has 2 aromatic carbocycles. The number of carbonyl (C=O) groups excluding carboxylic acids is 2. The van der Waals surface area contributed by atoms with Crippen molar-refractivity contribution in [2.45, 2.75) is 31.1 Å². The fourth-order valence-corrected chi connectivity index (χ4v) is 6.28. The third-order valence-corrected chi connectivity index (χ3v) is 8.75. The summed E-state index contributed by atoms with van der Waals surface area (Å²) < 4.78 is 27.6. The topological polar surface area (TPSA) is 102 Å². The lowest BCUT2D eigenvalue weighted by Gasteiger charge is -2.33. The zero-order chi connectivity index (χ0) is 25.0. The fraction of sp³-hybridized carbons (Fsp3) is 0.423. The van der Waals surface area contributed by atoms with Crippen LogP contribution in [0.2, 0.25) is 0 Å². The van der Waals surface area contributed by atoms with Crippen LogP contribution in [0.15, 0.2) is 53.4 Å². The molecule has 0 N–H and O–H groups in total. The van der Waals surface area contributed by atoms with Crippen molar-refractivity contribution in [3.05, 3.63) is 59.7 Å². The van der Waals surface area contributed by atoms with Crippen LogP contribution in [0.5, 0.6) is 0 Å². The SMILES string of the molecule is CC(=O)c1cccc(S(=O)(=O)N2CCC(C(=O)N3CCCN(c4ccc(C#N)cc4)CC3)CC2)c1. The van der Waals surface area contributed by atoms with E-state index in [1.165, 1.54) is 23.4 Å². The summed E-state index contributed by atoms with van der Waals surface area (Å²) in [6.07, 6.45) is 1.83. The van der Waals surface area contributed by atoms with E-state index < -0.39 is 10.0 Å². The summed E-state index contributed by atoms with van der Waals surface area (Å²) in [6.45, 7) is 4.85. The summed E-state index contributed by atoms with van der Waals surface area (Å²) in [5.41, 5.74) is 2.04. The van der Waals surface area contributed by atoms with E-state index in [1.54, 1.807) is 24.3 Å². The van der Waals surface area contributed by atoms with Gasteiger partial charge in [0.1, 0.15) is 0 Å². The number of nitriles is 1. The molecule has 1 amide bonds. The standard InChI is InChI=1S/C26H30N4O4S/c1-20(31)23-4-2-5-25(18-23)35(33,34)30-14-10-22(11-15-30)26(32)29-13-3-12-28(16-17-29)24-8-6-21(19-27)7-9-24/h2,4-9,18,22H,3,10-17H2,1H3. The van der Waals surface area contributed by atoms with Gasteiger partial charge in [-0.15, -0.1) is 0 Å². The van der Waals surface area contributed by atoms with Gasteiger partial charge in [0, 0.05) is 56.4 Å². The van der Waals surface area contributed by atoms with Gasteiger partial charge in [-0.1, -0.05) is 12.1 Å². The van der Waals surface area contributed by atoms with Crippen LogP contribution in [0.4, 0.5) is 5.69 Å². The molecule has 2 aromatic rings. The molecule has 2 aliphatic heterocycles. The molecular formula is C26H30N4O4S. The molecule has 0 bridgehead atoms. The first-order valence-electron chi connectivity index (χ1n) is 11.9. The van der Waals surface area contributed by atoms with Gasteiger partial charge in [0.15, 0.2) is 5.78 Å². The largest absolute Gasteiger partial charge is 0.370 e. The third kappa shape index (κ3) is 5.55. The van der Waals surface area contributed by atoms with Crippen LogP contribution in [0, 0.1) is 17.2 Å². The highest BCUT2D eigenvalue weighted by Crippen LogP contribution is 2.26. The van der Waals surface area contributed by atoms with Crippen molar-refractivity contribution in [1.29, 1.82) is 5.26 Å². The molecule has 0 unspecified atom stereocenters. The van der Waals surface area contributed by atoms with Crippen molar-refractivity contribution in [1.82, 2.24) is 9.21 Å². The Bertz CT molecular complexity index is 1230. The smallest absolute Gasteiger partial charge is 0.243 e. The molecule has 2 saturated heterocycles. The van der Waals surface area contributed by atoms with Crippen molar-refractivity contribution < 1.29 is 18.0 Å². The van der Waals surface area contributed by atoms with Gasteiger partial charge in [0.2, 0.25) is 15.9 Å². The molecule has 2 aliphatic rings. The molecule has 2 heterocycles. The predicted octanol–water partition coefficient (Wildman–Crippen LogP) is 2.90. The normalized spacial score (nSPS) is 18.1. The van der Waals surface area contributed by atoms with Gasteiger partial charge in [0.05, 0.1) is 16.5 Å². The molecule has 0 aromatic heterocycles. The number of hydrogen-bond donors (Lipinski definition) is 0. The van der Waals surface area contributed by atoms with E-state index in [0.29, 0.717) is 37.1 Å². The first-order valence-corrected chi connectivity index (χ1v) is 13.4. The number of ketones is 1. The molecule has 0 saturated carbocycles. The summed E-state index contributed by atoms with van der Waals surface area (Å²) in [5.74, 6) is -0.268. The van der Waals surface area contributed by atoms with Crippen LogP contribution in [0.25, 0.3) is 0 Å². The quantitative estimate of drug-likeness (QED) is 0.593. The van der Waals surface area contributed by atoms with Crippen LogP contribution >= 0.6 is 0 Å². The highest BCUT2D eigenvalue weighted by molar-refractivity contribution is 7.89. The van der Waals surface area contributed by atoms with Gasteiger partial charge in [-0.3, -0.25) is 9.59 Å². The minimum Gasteiger partial charge on any atom is -0.370 e. The molecule has 0 atom stereocenters. The summed E-state index contributed by atoms with van der Waals surface area (Å²) in [7, 11) is -3.71. The summed E-state index contributed by atoms with van der Waals surface area (Å²) in [5, 5.41) is 9.00. The highest BCUT2D eigenvalue weighted by Gasteiger charge is 2.34. The number of amides is 1. The van der Waals surface area contributed by atoms with Crippen LogP contribution in [0.1, 0.15) is 42.1 Å². The zero-order valence-corrected chi connectivity index (χ0v) is 20.7. The molecule has 0 aliphatic carbocycles. The number of piperidine rings is 1. The lowest BCUT2D eigenvalue weighted by Crippen LogP contribution is -2.45. The first kappa shape index (κ1) is 24.9. The van der Waals surface area contributed by atoms with Crippen molar-refractivity contribution in [2.24, 2.45) is 5.92 Å². The van der Waals surface area contributed by atoms with Crippen LogP contribution in [-0.4, -0.2) is 68.6 Å². The van der Waals surface area contributed by atoms with Gasteiger partial charge in [-0.25, -0.2) is 8.42 Å². The monoisotopic (exact) mass is 494 g/mol. The third-order valence-electron chi connectivity index (χ3n) is 6.85. The molecule has 184 valence electrons. The van der Waals surface area contributed by atoms with Gasteiger partial charge >= 0.3 is 0 Å². The van der Waals surface area contributed by atoms with E-state index in [-0.39, 0.29) is 35.6 Å². The maximum Gasteiger partial charge on any atom is 0.243 e. The maximum absolute atomic E-state index is 13.2. The van der Waals surface area contributed by atoms with Gasteiger partial charge in [0.25, 0.3) is 0 Å². The Kier molecular flexibility index (Phi) is 7.53. The first-order chi connectivity index (χ1) is 16.8. The second-order valence-corrected chi connectivity index (χ2v) is 11.0. The lowest BCUT2D eigenvalue weighted by atomic mass is 9.96. The summed E-state index contributed by atoms with van der Waals surface area (Å²) in [4.78, 5) is 29.2. The van der Waals surface area contributed by atoms with Gasteiger partial charge in [-0.05, 0) is 62.6 Å². The molecule has 0 radical (unpaired) electrons. The Labute approximate surface area is 206 Å². The Morgan fingerprint density at radius 2 is 1.66 bits per heavy atom. The average Bonchev–Trinajstić information content (AvgIpc) is 3.15. The van der Waals surface area contributed by atoms with Crippen molar-refractivity contribution in [2.75, 3.05) is 44.2 Å². The van der Waals surface area contributed by atoms with Crippen LogP contribution in [0.3, 0.4) is 0 Å². The number of rotatable bonds is 5. The highest BCUT2D eigenvalue weighted by atomic mass is 32.2. The number of benzene rings is 2. The molecule has 2 fully saturated rings. The minimum absolute atomic E-state index is 0.0994. The molecule has 8 nitrogen and oxygen atoms in total. The van der Waals surface area contributed by atoms with Crippen LogP contribution < -0.4 is 4.90 Å². The zero-order valence-electron chi connectivity index (χ0n) is 19.9. The maximum atomic E-state index is 13.2. The van der Waals surface area contributed by atoms with E-state index >= 15 is 0 Å². The molecule has 4 rings (SSSR count). The van der Waals surface area contributed by atoms with Crippen molar-refractivity contribution in [3.8, 4) is 6.07 Å². The lowest BCUT2D eigenvalue weighted by molar-refractivity contribution is -0.136. The molecule has 9 heteroatoms. The summed E-state index contributed by atoms with van der Waals surface area (Å²) >= 11 is 0. The Balaban J connectivity index is 1.34. The van der Waals surface area contributed by atoms with Gasteiger partial charge < -0.3 is 9.80 Å². The van der Waals surface area contributed by atoms with Crippen molar-refractivity contribution >= 4 is 27.4 Å². The molecular weight excluding hydrogens is 464 g/mol. The van der Waals surface area contributed by atoms with E-state index in [4.69, 9.17) is 5.26 Å². The fourth-order valence-electron chi connectivity index (χ4n) is 4.77. The minimum atomic E-state index is -3.71. The Hall–Kier alpha value is -3.22. The number of hydrogen-bond acceptors (Lipinski definition) is 6. The predicted molar refractivity (Wildman–Crippen MR) is 132 cm³/mol. The van der Waals surface area contributed by atoms with E-state index in [0.717, 1.165) is 25.2 Å². The number of carbonyl (C=O) groups is 2. The number of anilines is 1.